The summed E-state index contributed by atoms with van der Waals surface area (Å²) < 4.78 is 0. The van der Waals surface area contributed by atoms with E-state index in [9.17, 15) is 0 Å². The largest absolute Gasteiger partial charge is 0.316 e. The van der Waals surface area contributed by atoms with Gasteiger partial charge < -0.3 is 5.32 Å². The molecular formula is C20H33N. The van der Waals surface area contributed by atoms with Crippen LogP contribution in [0.2, 0.25) is 0 Å². The minimum atomic E-state index is 0.363. The Balaban J connectivity index is 2.25. The molecule has 1 fully saturated rings. The van der Waals surface area contributed by atoms with Crippen molar-refractivity contribution in [1.29, 1.82) is 0 Å². The Kier molecular flexibility index (Phi) is 5.87. The molecule has 1 aliphatic rings. The topological polar surface area (TPSA) is 12.0 Å². The van der Waals surface area contributed by atoms with Crippen LogP contribution in [-0.4, -0.2) is 13.1 Å². The van der Waals surface area contributed by atoms with Crippen molar-refractivity contribution in [2.45, 2.75) is 71.6 Å². The van der Waals surface area contributed by atoms with Gasteiger partial charge in [0.1, 0.15) is 0 Å². The number of hydrogen-bond acceptors (Lipinski definition) is 1. The van der Waals surface area contributed by atoms with Crippen LogP contribution in [-0.2, 0) is 5.41 Å². The van der Waals surface area contributed by atoms with Gasteiger partial charge >= 0.3 is 0 Å². The summed E-state index contributed by atoms with van der Waals surface area (Å²) in [5.74, 6) is 0.729. The molecular weight excluding hydrogens is 254 g/mol. The molecule has 0 radical (unpaired) electrons. The van der Waals surface area contributed by atoms with E-state index in [0.717, 1.165) is 19.0 Å². The fourth-order valence-corrected chi connectivity index (χ4v) is 3.85. The van der Waals surface area contributed by atoms with Crippen LogP contribution in [0.15, 0.2) is 18.2 Å². The second-order valence-electron chi connectivity index (χ2n) is 7.60. The Hall–Kier alpha value is -0.820. The SMILES string of the molecule is Cc1cc(C)cc(C2(CNCC(C)C)CCCCCC2)c1. The highest BCUT2D eigenvalue weighted by atomic mass is 14.9. The van der Waals surface area contributed by atoms with Crippen LogP contribution in [0.3, 0.4) is 0 Å². The van der Waals surface area contributed by atoms with Gasteiger partial charge in [0.05, 0.1) is 0 Å². The average Bonchev–Trinajstić information content (AvgIpc) is 2.64. The van der Waals surface area contributed by atoms with Crippen LogP contribution in [0, 0.1) is 19.8 Å². The van der Waals surface area contributed by atoms with E-state index < -0.39 is 0 Å². The molecule has 0 aliphatic heterocycles. The van der Waals surface area contributed by atoms with Gasteiger partial charge in [-0.25, -0.2) is 0 Å². The fraction of sp³-hybridized carbons (Fsp3) is 0.700. The maximum absolute atomic E-state index is 3.76. The second kappa shape index (κ2) is 7.45. The molecule has 0 unspecified atom stereocenters. The lowest BCUT2D eigenvalue weighted by molar-refractivity contribution is 0.339. The van der Waals surface area contributed by atoms with Crippen LogP contribution in [0.25, 0.3) is 0 Å². The summed E-state index contributed by atoms with van der Waals surface area (Å²) >= 11 is 0. The first kappa shape index (κ1) is 16.5. The van der Waals surface area contributed by atoms with Crippen LogP contribution in [0.5, 0.6) is 0 Å². The van der Waals surface area contributed by atoms with Crippen molar-refractivity contribution in [3.05, 3.63) is 34.9 Å². The summed E-state index contributed by atoms with van der Waals surface area (Å²) in [5.41, 5.74) is 4.77. The van der Waals surface area contributed by atoms with Crippen molar-refractivity contribution in [2.75, 3.05) is 13.1 Å². The summed E-state index contributed by atoms with van der Waals surface area (Å²) in [6, 6.07) is 7.18. The van der Waals surface area contributed by atoms with E-state index in [2.05, 4.69) is 51.2 Å². The molecule has 0 spiro atoms. The van der Waals surface area contributed by atoms with Gasteiger partial charge in [0, 0.05) is 12.0 Å². The molecule has 21 heavy (non-hydrogen) atoms. The van der Waals surface area contributed by atoms with Crippen molar-refractivity contribution >= 4 is 0 Å². The van der Waals surface area contributed by atoms with E-state index in [1.807, 2.05) is 0 Å². The van der Waals surface area contributed by atoms with E-state index in [1.54, 1.807) is 5.56 Å². The van der Waals surface area contributed by atoms with Crippen LogP contribution < -0.4 is 5.32 Å². The van der Waals surface area contributed by atoms with E-state index in [-0.39, 0.29) is 0 Å². The quantitative estimate of drug-likeness (QED) is 0.739. The Labute approximate surface area is 131 Å². The van der Waals surface area contributed by atoms with Gasteiger partial charge in [-0.15, -0.1) is 0 Å². The van der Waals surface area contributed by atoms with Gasteiger partial charge in [-0.05, 0) is 44.7 Å². The molecule has 0 heterocycles. The third-order valence-corrected chi connectivity index (χ3v) is 4.91. The van der Waals surface area contributed by atoms with Gasteiger partial charge in [0.25, 0.3) is 0 Å². The van der Waals surface area contributed by atoms with E-state index >= 15 is 0 Å². The molecule has 0 bridgehead atoms. The van der Waals surface area contributed by atoms with Crippen LogP contribution >= 0.6 is 0 Å². The summed E-state index contributed by atoms with van der Waals surface area (Å²) in [6.07, 6.45) is 8.29. The Morgan fingerprint density at radius 3 is 2.05 bits per heavy atom. The molecule has 118 valence electrons. The number of rotatable bonds is 5. The number of benzene rings is 1. The Morgan fingerprint density at radius 1 is 0.952 bits per heavy atom. The summed E-state index contributed by atoms with van der Waals surface area (Å²) in [5, 5.41) is 3.76. The molecule has 0 aromatic heterocycles. The maximum Gasteiger partial charge on any atom is 0.00779 e. The molecule has 0 saturated heterocycles. The second-order valence-corrected chi connectivity index (χ2v) is 7.60. The first-order valence-electron chi connectivity index (χ1n) is 8.81. The maximum atomic E-state index is 3.76. The summed E-state index contributed by atoms with van der Waals surface area (Å²) in [6.45, 7) is 11.3. The molecule has 1 aromatic rings. The minimum absolute atomic E-state index is 0.363. The summed E-state index contributed by atoms with van der Waals surface area (Å²) in [4.78, 5) is 0. The highest BCUT2D eigenvalue weighted by Crippen LogP contribution is 2.38. The van der Waals surface area contributed by atoms with Gasteiger partial charge in [-0.2, -0.15) is 0 Å². The monoisotopic (exact) mass is 287 g/mol. The molecule has 1 saturated carbocycles. The highest BCUT2D eigenvalue weighted by Gasteiger charge is 2.32. The molecule has 1 aromatic carbocycles. The van der Waals surface area contributed by atoms with Crippen LogP contribution in [0.1, 0.15) is 69.1 Å². The zero-order valence-corrected chi connectivity index (χ0v) is 14.5. The molecule has 0 atom stereocenters. The highest BCUT2D eigenvalue weighted by molar-refractivity contribution is 5.34. The van der Waals surface area contributed by atoms with Crippen molar-refractivity contribution in [3.63, 3.8) is 0 Å². The lowest BCUT2D eigenvalue weighted by atomic mass is 9.73. The van der Waals surface area contributed by atoms with Crippen LogP contribution in [0.4, 0.5) is 0 Å². The lowest BCUT2D eigenvalue weighted by Crippen LogP contribution is -2.39. The van der Waals surface area contributed by atoms with Crippen molar-refractivity contribution in [1.82, 2.24) is 5.32 Å². The molecule has 0 amide bonds. The standard InChI is InChI=1S/C20H33N/c1-16(2)14-21-15-20(9-7-5-6-8-10-20)19-12-17(3)11-18(4)13-19/h11-13,16,21H,5-10,14-15H2,1-4H3. The zero-order valence-electron chi connectivity index (χ0n) is 14.5. The Bertz CT molecular complexity index is 419. The van der Waals surface area contributed by atoms with Crippen molar-refractivity contribution < 1.29 is 0 Å². The first-order chi connectivity index (χ1) is 10.0. The molecule has 1 heteroatoms. The van der Waals surface area contributed by atoms with Crippen molar-refractivity contribution in [3.8, 4) is 0 Å². The van der Waals surface area contributed by atoms with Gasteiger partial charge in [-0.1, -0.05) is 68.9 Å². The van der Waals surface area contributed by atoms with E-state index in [1.165, 1.54) is 49.7 Å². The van der Waals surface area contributed by atoms with Gasteiger partial charge in [0.2, 0.25) is 0 Å². The number of aryl methyl sites for hydroxylation is 2. The van der Waals surface area contributed by atoms with Crippen molar-refractivity contribution in [2.24, 2.45) is 5.92 Å². The molecule has 1 aliphatic carbocycles. The normalized spacial score (nSPS) is 18.7. The average molecular weight is 287 g/mol. The fourth-order valence-electron chi connectivity index (χ4n) is 3.85. The third kappa shape index (κ3) is 4.57. The smallest absolute Gasteiger partial charge is 0.00779 e. The Morgan fingerprint density at radius 2 is 1.52 bits per heavy atom. The number of hydrogen-bond donors (Lipinski definition) is 1. The van der Waals surface area contributed by atoms with E-state index in [0.29, 0.717) is 5.41 Å². The molecule has 1 nitrogen and oxygen atoms in total. The van der Waals surface area contributed by atoms with Gasteiger partial charge in [-0.3, -0.25) is 0 Å². The van der Waals surface area contributed by atoms with E-state index in [4.69, 9.17) is 0 Å². The first-order valence-corrected chi connectivity index (χ1v) is 8.81. The summed E-state index contributed by atoms with van der Waals surface area (Å²) in [7, 11) is 0. The lowest BCUT2D eigenvalue weighted by Gasteiger charge is -2.35. The predicted molar refractivity (Wildman–Crippen MR) is 93.0 cm³/mol. The third-order valence-electron chi connectivity index (χ3n) is 4.91. The van der Waals surface area contributed by atoms with Gasteiger partial charge in [0.15, 0.2) is 0 Å². The molecule has 2 rings (SSSR count). The number of nitrogens with one attached hydrogen (secondary N) is 1. The molecule has 1 N–H and O–H groups in total. The predicted octanol–water partition coefficient (Wildman–Crippen LogP) is 5.14. The zero-order chi connectivity index (χ0) is 15.3. The minimum Gasteiger partial charge on any atom is -0.316 e.